The van der Waals surface area contributed by atoms with Gasteiger partial charge in [-0.1, -0.05) is 26.0 Å². The van der Waals surface area contributed by atoms with Crippen molar-refractivity contribution in [2.75, 3.05) is 19.6 Å². The van der Waals surface area contributed by atoms with Gasteiger partial charge in [0.15, 0.2) is 0 Å². The number of rotatable bonds is 3. The molecule has 116 valence electrons. The largest absolute Gasteiger partial charge is 0.315 e. The molecule has 2 aliphatic heterocycles. The first-order valence-electron chi connectivity index (χ1n) is 7.82. The van der Waals surface area contributed by atoms with Crippen molar-refractivity contribution in [3.8, 4) is 0 Å². The van der Waals surface area contributed by atoms with E-state index >= 15 is 0 Å². The van der Waals surface area contributed by atoms with E-state index in [2.05, 4.69) is 19.2 Å². The zero-order valence-corrected chi connectivity index (χ0v) is 13.6. The van der Waals surface area contributed by atoms with Crippen LogP contribution in [-0.2, 0) is 10.0 Å². The van der Waals surface area contributed by atoms with E-state index in [0.717, 1.165) is 25.9 Å². The van der Waals surface area contributed by atoms with E-state index in [1.165, 1.54) is 5.56 Å². The van der Waals surface area contributed by atoms with Crippen LogP contribution in [0.15, 0.2) is 29.2 Å². The fourth-order valence-electron chi connectivity index (χ4n) is 3.48. The number of sulfonamides is 1. The lowest BCUT2D eigenvalue weighted by molar-refractivity contribution is 0.217. The Kier molecular flexibility index (Phi) is 4.08. The van der Waals surface area contributed by atoms with Gasteiger partial charge in [0.1, 0.15) is 0 Å². The summed E-state index contributed by atoms with van der Waals surface area (Å²) in [6.07, 6.45) is 2.10. The van der Waals surface area contributed by atoms with Crippen molar-refractivity contribution in [2.24, 2.45) is 5.92 Å². The number of hydrogen-bond donors (Lipinski definition) is 1. The molecular weight excluding hydrogens is 284 g/mol. The molecule has 1 N–H and O–H groups in total. The predicted molar refractivity (Wildman–Crippen MR) is 83.8 cm³/mol. The molecule has 2 unspecified atom stereocenters. The van der Waals surface area contributed by atoms with E-state index < -0.39 is 10.0 Å². The summed E-state index contributed by atoms with van der Waals surface area (Å²) < 4.78 is 27.5. The lowest BCUT2D eigenvalue weighted by Gasteiger charge is -2.35. The topological polar surface area (TPSA) is 49.4 Å². The smallest absolute Gasteiger partial charge is 0.243 e. The van der Waals surface area contributed by atoms with Crippen LogP contribution in [0.3, 0.4) is 0 Å². The van der Waals surface area contributed by atoms with Crippen molar-refractivity contribution in [1.29, 1.82) is 0 Å². The Hall–Kier alpha value is -0.910. The molecule has 2 atom stereocenters. The second-order valence-corrected chi connectivity index (χ2v) is 8.36. The number of benzene rings is 1. The summed E-state index contributed by atoms with van der Waals surface area (Å²) in [6.45, 7) is 6.61. The van der Waals surface area contributed by atoms with Crippen LogP contribution >= 0.6 is 0 Å². The van der Waals surface area contributed by atoms with Crippen molar-refractivity contribution >= 4 is 10.0 Å². The first-order chi connectivity index (χ1) is 10.00. The third-order valence-electron chi connectivity index (χ3n) is 4.78. The molecule has 4 nitrogen and oxygen atoms in total. The zero-order chi connectivity index (χ0) is 15.0. The predicted octanol–water partition coefficient (Wildman–Crippen LogP) is 2.18. The van der Waals surface area contributed by atoms with E-state index in [4.69, 9.17) is 0 Å². The average Bonchev–Trinajstić information content (AvgIpc) is 2.95. The summed E-state index contributed by atoms with van der Waals surface area (Å²) in [7, 11) is -3.37. The fourth-order valence-corrected chi connectivity index (χ4v) is 5.21. The lowest BCUT2D eigenvalue weighted by atomic mass is 9.94. The molecule has 0 saturated carbocycles. The maximum absolute atomic E-state index is 12.9. The normalized spacial score (nSPS) is 27.0. The van der Waals surface area contributed by atoms with Gasteiger partial charge in [0.05, 0.1) is 4.90 Å². The molecule has 3 rings (SSSR count). The summed E-state index contributed by atoms with van der Waals surface area (Å²) in [4.78, 5) is 0.430. The molecular formula is C16H24N2O2S. The van der Waals surface area contributed by atoms with Crippen LogP contribution in [0, 0.1) is 5.92 Å². The quantitative estimate of drug-likeness (QED) is 0.931. The number of piperidine rings is 1. The van der Waals surface area contributed by atoms with E-state index in [1.54, 1.807) is 16.4 Å². The SMILES string of the molecule is CC(C)c1ccc(S(=O)(=O)N2CCCC3CNCC32)cc1. The Morgan fingerprint density at radius 1 is 1.19 bits per heavy atom. The van der Waals surface area contributed by atoms with Gasteiger partial charge in [-0.2, -0.15) is 4.31 Å². The minimum absolute atomic E-state index is 0.133. The number of fused-ring (bicyclic) bond motifs is 1. The van der Waals surface area contributed by atoms with Gasteiger partial charge >= 0.3 is 0 Å². The highest BCUT2D eigenvalue weighted by Gasteiger charge is 2.41. The fraction of sp³-hybridized carbons (Fsp3) is 0.625. The Bertz CT molecular complexity index is 595. The Morgan fingerprint density at radius 3 is 2.57 bits per heavy atom. The minimum Gasteiger partial charge on any atom is -0.315 e. The lowest BCUT2D eigenvalue weighted by Crippen LogP contribution is -2.48. The highest BCUT2D eigenvalue weighted by atomic mass is 32.2. The molecule has 0 bridgehead atoms. The van der Waals surface area contributed by atoms with Crippen LogP contribution in [-0.4, -0.2) is 38.4 Å². The standard InChI is InChI=1S/C16H24N2O2S/c1-12(2)13-5-7-15(8-6-13)21(19,20)18-9-3-4-14-10-17-11-16(14)18/h5-8,12,14,16-17H,3-4,9-11H2,1-2H3. The van der Waals surface area contributed by atoms with E-state index in [-0.39, 0.29) is 6.04 Å². The van der Waals surface area contributed by atoms with Crippen LogP contribution in [0.4, 0.5) is 0 Å². The highest BCUT2D eigenvalue weighted by Crippen LogP contribution is 2.31. The van der Waals surface area contributed by atoms with Crippen LogP contribution in [0.25, 0.3) is 0 Å². The molecule has 2 aliphatic rings. The van der Waals surface area contributed by atoms with E-state index in [1.807, 2.05) is 12.1 Å². The van der Waals surface area contributed by atoms with Crippen molar-refractivity contribution in [3.63, 3.8) is 0 Å². The second kappa shape index (κ2) is 5.71. The van der Waals surface area contributed by atoms with Crippen molar-refractivity contribution in [2.45, 2.75) is 43.5 Å². The third-order valence-corrected chi connectivity index (χ3v) is 6.72. The molecule has 2 heterocycles. The van der Waals surface area contributed by atoms with Gasteiger partial charge in [-0.25, -0.2) is 8.42 Å². The van der Waals surface area contributed by atoms with Crippen LogP contribution in [0.5, 0.6) is 0 Å². The van der Waals surface area contributed by atoms with Gasteiger partial charge in [-0.3, -0.25) is 0 Å². The number of nitrogens with one attached hydrogen (secondary N) is 1. The number of nitrogens with zero attached hydrogens (tertiary/aromatic N) is 1. The molecule has 0 spiro atoms. The Labute approximate surface area is 127 Å². The summed E-state index contributed by atoms with van der Waals surface area (Å²) in [5.41, 5.74) is 1.17. The van der Waals surface area contributed by atoms with Gasteiger partial charge < -0.3 is 5.32 Å². The van der Waals surface area contributed by atoms with Crippen molar-refractivity contribution < 1.29 is 8.42 Å². The zero-order valence-electron chi connectivity index (χ0n) is 12.7. The highest BCUT2D eigenvalue weighted by molar-refractivity contribution is 7.89. The van der Waals surface area contributed by atoms with Crippen LogP contribution in [0.2, 0.25) is 0 Å². The summed E-state index contributed by atoms with van der Waals surface area (Å²) >= 11 is 0. The van der Waals surface area contributed by atoms with Gasteiger partial charge in [0.25, 0.3) is 0 Å². The van der Waals surface area contributed by atoms with Crippen molar-refractivity contribution in [1.82, 2.24) is 9.62 Å². The first kappa shape index (κ1) is 15.0. The molecule has 2 saturated heterocycles. The van der Waals surface area contributed by atoms with Gasteiger partial charge in [-0.15, -0.1) is 0 Å². The average molecular weight is 308 g/mol. The minimum atomic E-state index is -3.37. The van der Waals surface area contributed by atoms with Crippen molar-refractivity contribution in [3.05, 3.63) is 29.8 Å². The molecule has 1 aromatic carbocycles. The van der Waals surface area contributed by atoms with Gasteiger partial charge in [0, 0.05) is 19.1 Å². The maximum Gasteiger partial charge on any atom is 0.243 e. The molecule has 0 aromatic heterocycles. The van der Waals surface area contributed by atoms with Gasteiger partial charge in [-0.05, 0) is 48.9 Å². The molecule has 0 radical (unpaired) electrons. The monoisotopic (exact) mass is 308 g/mol. The van der Waals surface area contributed by atoms with Crippen LogP contribution < -0.4 is 5.32 Å². The van der Waals surface area contributed by atoms with Gasteiger partial charge in [0.2, 0.25) is 10.0 Å². The molecule has 2 fully saturated rings. The molecule has 21 heavy (non-hydrogen) atoms. The maximum atomic E-state index is 12.9. The molecule has 0 amide bonds. The molecule has 1 aromatic rings. The third kappa shape index (κ3) is 2.74. The number of hydrogen-bond acceptors (Lipinski definition) is 3. The summed E-state index contributed by atoms with van der Waals surface area (Å²) in [5.74, 6) is 0.892. The Balaban J connectivity index is 1.88. The van der Waals surface area contributed by atoms with E-state index in [0.29, 0.717) is 23.3 Å². The van der Waals surface area contributed by atoms with E-state index in [9.17, 15) is 8.42 Å². The summed E-state index contributed by atoms with van der Waals surface area (Å²) in [5, 5.41) is 3.34. The second-order valence-electron chi connectivity index (χ2n) is 6.47. The Morgan fingerprint density at radius 2 is 1.90 bits per heavy atom. The first-order valence-corrected chi connectivity index (χ1v) is 9.26. The molecule has 5 heteroatoms. The summed E-state index contributed by atoms with van der Waals surface area (Å²) in [6, 6.07) is 7.53. The molecule has 0 aliphatic carbocycles. The van der Waals surface area contributed by atoms with Crippen LogP contribution in [0.1, 0.15) is 38.2 Å².